The number of hydrogen-bond donors (Lipinski definition) is 1. The van der Waals surface area contributed by atoms with Crippen molar-refractivity contribution in [3.8, 4) is 23.6 Å². The maximum Gasteiger partial charge on any atom is 0.266 e. The number of anilines is 1. The Kier molecular flexibility index (Phi) is 7.70. The Labute approximate surface area is 197 Å². The van der Waals surface area contributed by atoms with Crippen molar-refractivity contribution in [3.05, 3.63) is 93.5 Å². The van der Waals surface area contributed by atoms with Crippen LogP contribution in [0.2, 0.25) is 5.02 Å². The van der Waals surface area contributed by atoms with Crippen LogP contribution in [-0.2, 0) is 11.4 Å². The Bertz CT molecular complexity index is 1300. The lowest BCUT2D eigenvalue weighted by Crippen LogP contribution is -2.14. The zero-order valence-electron chi connectivity index (χ0n) is 18.1. The lowest BCUT2D eigenvalue weighted by atomic mass is 10.1. The van der Waals surface area contributed by atoms with Gasteiger partial charge >= 0.3 is 0 Å². The molecule has 164 valence electrons. The van der Waals surface area contributed by atoms with E-state index in [1.165, 1.54) is 13.2 Å². The van der Waals surface area contributed by atoms with Crippen LogP contribution in [0.25, 0.3) is 6.08 Å². The molecule has 6 nitrogen and oxygen atoms in total. The second kappa shape index (κ2) is 10.9. The molecule has 0 aliphatic rings. The van der Waals surface area contributed by atoms with Gasteiger partial charge in [-0.2, -0.15) is 10.5 Å². The third kappa shape index (κ3) is 5.92. The van der Waals surface area contributed by atoms with E-state index in [2.05, 4.69) is 11.4 Å². The molecular weight excluding hydrogens is 438 g/mol. The summed E-state index contributed by atoms with van der Waals surface area (Å²) in [5.74, 6) is 0.377. The summed E-state index contributed by atoms with van der Waals surface area (Å²) in [6, 6.07) is 21.4. The van der Waals surface area contributed by atoms with E-state index in [1.807, 2.05) is 25.1 Å². The predicted molar refractivity (Wildman–Crippen MR) is 127 cm³/mol. The maximum absolute atomic E-state index is 12.6. The van der Waals surface area contributed by atoms with Gasteiger partial charge in [-0.15, -0.1) is 0 Å². The Hall–Kier alpha value is -4.26. The van der Waals surface area contributed by atoms with E-state index >= 15 is 0 Å². The first-order valence-electron chi connectivity index (χ1n) is 9.93. The third-order valence-electron chi connectivity index (χ3n) is 4.82. The Morgan fingerprint density at radius 3 is 2.58 bits per heavy atom. The van der Waals surface area contributed by atoms with Crippen LogP contribution in [0.15, 0.2) is 66.2 Å². The largest absolute Gasteiger partial charge is 0.493 e. The summed E-state index contributed by atoms with van der Waals surface area (Å²) in [6.07, 6.45) is 1.47. The highest BCUT2D eigenvalue weighted by atomic mass is 35.5. The zero-order chi connectivity index (χ0) is 23.8. The zero-order valence-corrected chi connectivity index (χ0v) is 18.8. The molecule has 0 fully saturated rings. The van der Waals surface area contributed by atoms with E-state index in [0.717, 1.165) is 11.1 Å². The fourth-order valence-electron chi connectivity index (χ4n) is 3.08. The van der Waals surface area contributed by atoms with Crippen LogP contribution < -0.4 is 14.8 Å². The van der Waals surface area contributed by atoms with Gasteiger partial charge in [-0.05, 0) is 60.5 Å². The van der Waals surface area contributed by atoms with Gasteiger partial charge in [0.2, 0.25) is 0 Å². The standard InChI is InChI=1S/C26H20ClN3O3/c1-17-11-22(27)8-9-23(17)30-26(31)21(15-29)12-18-7-10-24(25(13-18)32-2)33-16-20-6-4-3-5-19(20)14-28/h3-13H,16H2,1-2H3,(H,30,31)/b21-12+. The lowest BCUT2D eigenvalue weighted by molar-refractivity contribution is -0.112. The van der Waals surface area contributed by atoms with E-state index in [0.29, 0.717) is 33.3 Å². The summed E-state index contributed by atoms with van der Waals surface area (Å²) in [4.78, 5) is 12.6. The van der Waals surface area contributed by atoms with Crippen LogP contribution in [0, 0.1) is 29.6 Å². The molecule has 1 amide bonds. The second-order valence-corrected chi connectivity index (χ2v) is 7.49. The van der Waals surface area contributed by atoms with Gasteiger partial charge in [0.15, 0.2) is 11.5 Å². The molecule has 0 heterocycles. The Balaban J connectivity index is 1.78. The van der Waals surface area contributed by atoms with E-state index < -0.39 is 5.91 Å². The Morgan fingerprint density at radius 2 is 1.88 bits per heavy atom. The molecule has 3 aromatic carbocycles. The first-order chi connectivity index (χ1) is 15.9. The van der Waals surface area contributed by atoms with Gasteiger partial charge in [-0.25, -0.2) is 0 Å². The number of ether oxygens (including phenoxy) is 2. The third-order valence-corrected chi connectivity index (χ3v) is 5.06. The average molecular weight is 458 g/mol. The molecule has 0 saturated carbocycles. The number of nitrogens with one attached hydrogen (secondary N) is 1. The van der Waals surface area contributed by atoms with Gasteiger partial charge in [0, 0.05) is 16.3 Å². The van der Waals surface area contributed by atoms with Gasteiger partial charge < -0.3 is 14.8 Å². The van der Waals surface area contributed by atoms with Gasteiger partial charge in [0.25, 0.3) is 5.91 Å². The van der Waals surface area contributed by atoms with Crippen molar-refractivity contribution in [1.29, 1.82) is 10.5 Å². The number of rotatable bonds is 7. The molecule has 3 aromatic rings. The highest BCUT2D eigenvalue weighted by Gasteiger charge is 2.13. The summed E-state index contributed by atoms with van der Waals surface area (Å²) in [5.41, 5.74) is 3.18. The fraction of sp³-hybridized carbons (Fsp3) is 0.115. The summed E-state index contributed by atoms with van der Waals surface area (Å²) in [5, 5.41) is 22.0. The van der Waals surface area contributed by atoms with Crippen LogP contribution in [0.4, 0.5) is 5.69 Å². The molecule has 0 radical (unpaired) electrons. The fourth-order valence-corrected chi connectivity index (χ4v) is 3.30. The molecule has 0 bridgehead atoms. The van der Waals surface area contributed by atoms with Crippen molar-refractivity contribution in [2.24, 2.45) is 0 Å². The van der Waals surface area contributed by atoms with Crippen LogP contribution in [-0.4, -0.2) is 13.0 Å². The number of hydrogen-bond acceptors (Lipinski definition) is 5. The molecule has 33 heavy (non-hydrogen) atoms. The van der Waals surface area contributed by atoms with Gasteiger partial charge in [-0.3, -0.25) is 4.79 Å². The average Bonchev–Trinajstić information content (AvgIpc) is 2.83. The molecule has 0 saturated heterocycles. The molecular formula is C26H20ClN3O3. The van der Waals surface area contributed by atoms with Crippen LogP contribution in [0.3, 0.4) is 0 Å². The number of carbonyl (C=O) groups excluding carboxylic acids is 1. The highest BCUT2D eigenvalue weighted by molar-refractivity contribution is 6.30. The minimum atomic E-state index is -0.532. The summed E-state index contributed by atoms with van der Waals surface area (Å²) < 4.78 is 11.3. The van der Waals surface area contributed by atoms with Gasteiger partial charge in [0.05, 0.1) is 18.7 Å². The van der Waals surface area contributed by atoms with Gasteiger partial charge in [-0.1, -0.05) is 35.9 Å². The molecule has 3 rings (SSSR count). The van der Waals surface area contributed by atoms with E-state index in [9.17, 15) is 15.3 Å². The molecule has 0 aromatic heterocycles. The predicted octanol–water partition coefficient (Wildman–Crippen LogP) is 5.65. The lowest BCUT2D eigenvalue weighted by Gasteiger charge is -2.12. The summed E-state index contributed by atoms with van der Waals surface area (Å²) in [7, 11) is 1.50. The number of carbonyl (C=O) groups is 1. The highest BCUT2D eigenvalue weighted by Crippen LogP contribution is 2.30. The summed E-state index contributed by atoms with van der Waals surface area (Å²) >= 11 is 5.95. The smallest absolute Gasteiger partial charge is 0.266 e. The SMILES string of the molecule is COc1cc(/C=C(\C#N)C(=O)Nc2ccc(Cl)cc2C)ccc1OCc1ccccc1C#N. The van der Waals surface area contributed by atoms with Crippen LogP contribution in [0.5, 0.6) is 11.5 Å². The number of amides is 1. The maximum atomic E-state index is 12.6. The quantitative estimate of drug-likeness (QED) is 0.365. The van der Waals surface area contributed by atoms with Crippen molar-refractivity contribution < 1.29 is 14.3 Å². The number of aryl methyl sites for hydroxylation is 1. The minimum absolute atomic E-state index is 0.0666. The van der Waals surface area contributed by atoms with Crippen LogP contribution >= 0.6 is 11.6 Å². The topological polar surface area (TPSA) is 95.1 Å². The van der Waals surface area contributed by atoms with Crippen molar-refractivity contribution in [3.63, 3.8) is 0 Å². The molecule has 0 unspecified atom stereocenters. The van der Waals surface area contributed by atoms with E-state index in [1.54, 1.807) is 48.5 Å². The first kappa shape index (κ1) is 23.4. The molecule has 0 aliphatic carbocycles. The molecule has 7 heteroatoms. The van der Waals surface area contributed by atoms with E-state index in [-0.39, 0.29) is 12.2 Å². The van der Waals surface area contributed by atoms with Crippen molar-refractivity contribution in [2.45, 2.75) is 13.5 Å². The molecule has 0 spiro atoms. The van der Waals surface area contributed by atoms with Crippen LogP contribution in [0.1, 0.15) is 22.3 Å². The summed E-state index contributed by atoms with van der Waals surface area (Å²) in [6.45, 7) is 2.01. The molecule has 0 aliphatic heterocycles. The van der Waals surface area contributed by atoms with Crippen molar-refractivity contribution in [1.82, 2.24) is 0 Å². The number of nitriles is 2. The number of halogens is 1. The number of methoxy groups -OCH3 is 1. The van der Waals surface area contributed by atoms with Crippen molar-refractivity contribution >= 4 is 29.3 Å². The van der Waals surface area contributed by atoms with E-state index in [4.69, 9.17) is 21.1 Å². The van der Waals surface area contributed by atoms with Crippen molar-refractivity contribution in [2.75, 3.05) is 12.4 Å². The second-order valence-electron chi connectivity index (χ2n) is 7.05. The monoisotopic (exact) mass is 457 g/mol. The Morgan fingerprint density at radius 1 is 1.09 bits per heavy atom. The molecule has 1 N–H and O–H groups in total. The van der Waals surface area contributed by atoms with Gasteiger partial charge in [0.1, 0.15) is 18.2 Å². The molecule has 0 atom stereocenters. The normalized spacial score (nSPS) is 10.6. The number of benzene rings is 3. The minimum Gasteiger partial charge on any atom is -0.493 e. The number of nitrogens with zero attached hydrogens (tertiary/aromatic N) is 2. The first-order valence-corrected chi connectivity index (χ1v) is 10.3.